The van der Waals surface area contributed by atoms with Gasteiger partial charge < -0.3 is 15.7 Å². The van der Waals surface area contributed by atoms with Crippen LogP contribution in [0.1, 0.15) is 25.1 Å². The van der Waals surface area contributed by atoms with Gasteiger partial charge >= 0.3 is 0 Å². The number of aromatic amines is 2. The third kappa shape index (κ3) is 1.77. The number of imidazole rings is 2. The van der Waals surface area contributed by atoms with Crippen molar-refractivity contribution in [1.29, 1.82) is 0 Å². The van der Waals surface area contributed by atoms with Crippen LogP contribution in [0.25, 0.3) is 22.6 Å². The van der Waals surface area contributed by atoms with Crippen LogP contribution in [-0.4, -0.2) is 19.9 Å². The summed E-state index contributed by atoms with van der Waals surface area (Å²) in [6.45, 7) is 0. The molecule has 1 aromatic carbocycles. The van der Waals surface area contributed by atoms with E-state index < -0.39 is 17.2 Å². The lowest BCUT2D eigenvalue weighted by Gasteiger charge is -2.35. The number of hydrogen-bond acceptors (Lipinski definition) is 3. The molecule has 1 aliphatic carbocycles. The van der Waals surface area contributed by atoms with Gasteiger partial charge in [0.1, 0.15) is 17.0 Å². The van der Waals surface area contributed by atoms with Crippen LogP contribution in [0.2, 0.25) is 0 Å². The fraction of sp³-hybridized carbons (Fsp3) is 0.286. The molecule has 108 valence electrons. The van der Waals surface area contributed by atoms with Gasteiger partial charge in [-0.15, -0.1) is 0 Å². The van der Waals surface area contributed by atoms with Crippen molar-refractivity contribution in [3.05, 3.63) is 35.8 Å². The number of rotatable bonds is 2. The molecular formula is C14H13F2N5. The topological polar surface area (TPSA) is 83.4 Å². The molecule has 0 bridgehead atoms. The lowest BCUT2D eigenvalue weighted by molar-refractivity contribution is 0.240. The van der Waals surface area contributed by atoms with E-state index in [1.165, 1.54) is 6.07 Å². The molecule has 7 heteroatoms. The summed E-state index contributed by atoms with van der Waals surface area (Å²) in [5.41, 5.74) is 6.82. The molecular weight excluding hydrogens is 276 g/mol. The predicted octanol–water partition coefficient (Wildman–Crippen LogP) is 2.57. The number of nitrogens with zero attached hydrogens (tertiary/aromatic N) is 2. The van der Waals surface area contributed by atoms with E-state index in [-0.39, 0.29) is 5.52 Å². The molecule has 3 aromatic rings. The van der Waals surface area contributed by atoms with Crippen molar-refractivity contribution in [2.24, 2.45) is 5.73 Å². The first-order valence-corrected chi connectivity index (χ1v) is 6.75. The Morgan fingerprint density at radius 3 is 2.71 bits per heavy atom. The molecule has 0 aliphatic heterocycles. The summed E-state index contributed by atoms with van der Waals surface area (Å²) < 4.78 is 26.9. The second-order valence-corrected chi connectivity index (χ2v) is 5.50. The van der Waals surface area contributed by atoms with Gasteiger partial charge in [-0.1, -0.05) is 0 Å². The number of nitrogens with one attached hydrogen (secondary N) is 2. The molecule has 4 N–H and O–H groups in total. The molecule has 0 amide bonds. The lowest BCUT2D eigenvalue weighted by Crippen LogP contribution is -2.44. The maximum absolute atomic E-state index is 13.7. The standard InChI is InChI=1S/C14H13F2N5/c15-7-2-3-8-11(10(7)16)21-12(19-8)9-6-18-13(20-9)14(17)4-1-5-14/h2-3,6H,1,4-5,17H2,(H,18,20)(H,19,21). The first-order valence-electron chi connectivity index (χ1n) is 6.75. The van der Waals surface area contributed by atoms with E-state index in [2.05, 4.69) is 19.9 Å². The smallest absolute Gasteiger partial charge is 0.186 e. The molecule has 2 heterocycles. The van der Waals surface area contributed by atoms with Crippen molar-refractivity contribution >= 4 is 11.0 Å². The van der Waals surface area contributed by atoms with E-state index in [0.717, 1.165) is 25.3 Å². The molecule has 2 aromatic heterocycles. The van der Waals surface area contributed by atoms with Gasteiger partial charge in [-0.25, -0.2) is 18.7 Å². The Hall–Kier alpha value is -2.28. The number of H-pyrrole nitrogens is 2. The van der Waals surface area contributed by atoms with Crippen molar-refractivity contribution < 1.29 is 8.78 Å². The second-order valence-electron chi connectivity index (χ2n) is 5.50. The Kier molecular flexibility index (Phi) is 2.44. The number of fused-ring (bicyclic) bond motifs is 1. The lowest BCUT2D eigenvalue weighted by atomic mass is 9.77. The van der Waals surface area contributed by atoms with Gasteiger partial charge in [0.15, 0.2) is 17.5 Å². The van der Waals surface area contributed by atoms with E-state index >= 15 is 0 Å². The van der Waals surface area contributed by atoms with Gasteiger partial charge in [0.25, 0.3) is 0 Å². The van der Waals surface area contributed by atoms with Crippen LogP contribution in [-0.2, 0) is 5.54 Å². The van der Waals surface area contributed by atoms with Crippen LogP contribution in [0.4, 0.5) is 8.78 Å². The molecule has 0 unspecified atom stereocenters. The third-order valence-corrected chi connectivity index (χ3v) is 4.09. The van der Waals surface area contributed by atoms with E-state index in [4.69, 9.17) is 5.73 Å². The average molecular weight is 289 g/mol. The molecule has 1 saturated carbocycles. The minimum atomic E-state index is -0.955. The first kappa shape index (κ1) is 12.5. The molecule has 4 rings (SSSR count). The number of nitrogens with two attached hydrogens (primary N) is 1. The Bertz CT molecular complexity index is 831. The van der Waals surface area contributed by atoms with Gasteiger partial charge in [-0.2, -0.15) is 0 Å². The number of halogens is 2. The zero-order valence-electron chi connectivity index (χ0n) is 11.1. The molecule has 0 atom stereocenters. The summed E-state index contributed by atoms with van der Waals surface area (Å²) in [6.07, 6.45) is 4.47. The van der Waals surface area contributed by atoms with Gasteiger partial charge in [0, 0.05) is 0 Å². The predicted molar refractivity (Wildman–Crippen MR) is 73.3 cm³/mol. The van der Waals surface area contributed by atoms with Crippen molar-refractivity contribution in [1.82, 2.24) is 19.9 Å². The SMILES string of the molecule is NC1(c2ncc(-c3nc4c(F)c(F)ccc4[nH]3)[nH]2)CCC1. The zero-order chi connectivity index (χ0) is 14.6. The van der Waals surface area contributed by atoms with Crippen LogP contribution in [0, 0.1) is 11.6 Å². The minimum absolute atomic E-state index is 0.0211. The Morgan fingerprint density at radius 2 is 2.00 bits per heavy atom. The molecule has 1 fully saturated rings. The highest BCUT2D eigenvalue weighted by molar-refractivity contribution is 5.79. The van der Waals surface area contributed by atoms with Gasteiger partial charge in [0.05, 0.1) is 17.3 Å². The number of aromatic nitrogens is 4. The fourth-order valence-corrected chi connectivity index (χ4v) is 2.63. The number of benzene rings is 1. The maximum Gasteiger partial charge on any atom is 0.186 e. The monoisotopic (exact) mass is 289 g/mol. The van der Waals surface area contributed by atoms with Gasteiger partial charge in [-0.3, -0.25) is 0 Å². The highest BCUT2D eigenvalue weighted by Gasteiger charge is 2.37. The van der Waals surface area contributed by atoms with Crippen molar-refractivity contribution in [3.8, 4) is 11.5 Å². The molecule has 5 nitrogen and oxygen atoms in total. The summed E-state index contributed by atoms with van der Waals surface area (Å²) in [7, 11) is 0. The highest BCUT2D eigenvalue weighted by Crippen LogP contribution is 2.37. The maximum atomic E-state index is 13.7. The molecule has 1 aliphatic rings. The fourth-order valence-electron chi connectivity index (χ4n) is 2.63. The Morgan fingerprint density at radius 1 is 1.19 bits per heavy atom. The van der Waals surface area contributed by atoms with Crippen molar-refractivity contribution in [3.63, 3.8) is 0 Å². The van der Waals surface area contributed by atoms with Crippen LogP contribution in [0.3, 0.4) is 0 Å². The van der Waals surface area contributed by atoms with Crippen LogP contribution < -0.4 is 5.73 Å². The second kappa shape index (κ2) is 4.11. The van der Waals surface area contributed by atoms with Gasteiger partial charge in [0.2, 0.25) is 0 Å². The zero-order valence-corrected chi connectivity index (χ0v) is 11.1. The van der Waals surface area contributed by atoms with Crippen LogP contribution >= 0.6 is 0 Å². The molecule has 21 heavy (non-hydrogen) atoms. The van der Waals surface area contributed by atoms with E-state index in [0.29, 0.717) is 22.9 Å². The molecule has 0 spiro atoms. The summed E-state index contributed by atoms with van der Waals surface area (Å²) >= 11 is 0. The summed E-state index contributed by atoms with van der Waals surface area (Å²) in [6, 6.07) is 2.53. The first-order chi connectivity index (χ1) is 10.1. The van der Waals surface area contributed by atoms with E-state index in [9.17, 15) is 8.78 Å². The largest absolute Gasteiger partial charge is 0.338 e. The van der Waals surface area contributed by atoms with E-state index in [1.807, 2.05) is 0 Å². The molecule has 0 saturated heterocycles. The number of hydrogen-bond donors (Lipinski definition) is 3. The average Bonchev–Trinajstić information content (AvgIpc) is 3.06. The van der Waals surface area contributed by atoms with Crippen LogP contribution in [0.15, 0.2) is 18.3 Å². The third-order valence-electron chi connectivity index (χ3n) is 4.09. The van der Waals surface area contributed by atoms with Crippen molar-refractivity contribution in [2.75, 3.05) is 0 Å². The summed E-state index contributed by atoms with van der Waals surface area (Å²) in [5.74, 6) is -0.753. The molecule has 0 radical (unpaired) electrons. The normalized spacial score (nSPS) is 17.1. The van der Waals surface area contributed by atoms with E-state index in [1.54, 1.807) is 6.20 Å². The minimum Gasteiger partial charge on any atom is -0.338 e. The Balaban J connectivity index is 1.78. The van der Waals surface area contributed by atoms with Crippen molar-refractivity contribution in [2.45, 2.75) is 24.8 Å². The quantitative estimate of drug-likeness (QED) is 0.678. The van der Waals surface area contributed by atoms with Crippen LogP contribution in [0.5, 0.6) is 0 Å². The van der Waals surface area contributed by atoms with Gasteiger partial charge in [-0.05, 0) is 31.4 Å². The summed E-state index contributed by atoms with van der Waals surface area (Å²) in [5, 5.41) is 0. The Labute approximate surface area is 118 Å². The summed E-state index contributed by atoms with van der Waals surface area (Å²) in [4.78, 5) is 14.5. The highest BCUT2D eigenvalue weighted by atomic mass is 19.2.